The summed E-state index contributed by atoms with van der Waals surface area (Å²) in [6, 6.07) is 11.0. The van der Waals surface area contributed by atoms with Gasteiger partial charge in [0, 0.05) is 24.3 Å². The molecule has 3 rings (SSSR count). The highest BCUT2D eigenvalue weighted by Crippen LogP contribution is 2.18. The van der Waals surface area contributed by atoms with Gasteiger partial charge in [-0.1, -0.05) is 15.9 Å². The van der Waals surface area contributed by atoms with Crippen LogP contribution >= 0.6 is 15.9 Å². The normalized spacial score (nSPS) is 10.7. The van der Waals surface area contributed by atoms with Gasteiger partial charge in [0.25, 0.3) is 5.91 Å². The number of halogens is 1. The standard InChI is InChI=1S/C19H20BrN3O3/c1-23-12-14(11-22-23)3-2-10-21-19(24)18-9-8-17(26-18)13-25-16-6-4-15(20)5-7-16/h4-9,11-12H,2-3,10,13H2,1H3,(H,21,24). The Bertz CT molecular complexity index is 855. The number of hydrogen-bond donors (Lipinski definition) is 1. The second-order valence-corrected chi connectivity index (χ2v) is 6.81. The lowest BCUT2D eigenvalue weighted by molar-refractivity contribution is 0.0921. The molecule has 1 amide bonds. The number of ether oxygens (including phenoxy) is 1. The van der Waals surface area contributed by atoms with Gasteiger partial charge in [-0.2, -0.15) is 5.10 Å². The number of nitrogens with zero attached hydrogens (tertiary/aromatic N) is 2. The highest BCUT2D eigenvalue weighted by atomic mass is 79.9. The second-order valence-electron chi connectivity index (χ2n) is 5.89. The van der Waals surface area contributed by atoms with Crippen molar-refractivity contribution in [2.24, 2.45) is 7.05 Å². The van der Waals surface area contributed by atoms with Crippen molar-refractivity contribution in [1.82, 2.24) is 15.1 Å². The number of benzene rings is 1. The van der Waals surface area contributed by atoms with E-state index in [9.17, 15) is 4.79 Å². The van der Waals surface area contributed by atoms with Crippen molar-refractivity contribution in [3.8, 4) is 5.75 Å². The van der Waals surface area contributed by atoms with Crippen molar-refractivity contribution >= 4 is 21.8 Å². The summed E-state index contributed by atoms with van der Waals surface area (Å²) in [4.78, 5) is 12.1. The summed E-state index contributed by atoms with van der Waals surface area (Å²) < 4.78 is 13.9. The van der Waals surface area contributed by atoms with E-state index in [2.05, 4.69) is 26.3 Å². The topological polar surface area (TPSA) is 69.3 Å². The first kappa shape index (κ1) is 18.3. The quantitative estimate of drug-likeness (QED) is 0.567. The van der Waals surface area contributed by atoms with E-state index in [-0.39, 0.29) is 12.5 Å². The van der Waals surface area contributed by atoms with E-state index in [1.807, 2.05) is 43.7 Å². The molecule has 0 aliphatic heterocycles. The average Bonchev–Trinajstić information content (AvgIpc) is 3.27. The van der Waals surface area contributed by atoms with Crippen molar-refractivity contribution in [1.29, 1.82) is 0 Å². The molecule has 0 saturated carbocycles. The number of nitrogens with one attached hydrogen (secondary N) is 1. The van der Waals surface area contributed by atoms with Crippen LogP contribution in [-0.2, 0) is 20.1 Å². The molecule has 1 N–H and O–H groups in total. The van der Waals surface area contributed by atoms with Crippen LogP contribution in [0.15, 0.2) is 57.7 Å². The number of aromatic nitrogens is 2. The first-order chi connectivity index (χ1) is 12.6. The van der Waals surface area contributed by atoms with Crippen LogP contribution in [0.25, 0.3) is 0 Å². The number of amides is 1. The van der Waals surface area contributed by atoms with E-state index in [1.165, 1.54) is 0 Å². The van der Waals surface area contributed by atoms with Gasteiger partial charge >= 0.3 is 0 Å². The van der Waals surface area contributed by atoms with E-state index in [0.29, 0.717) is 18.1 Å². The molecule has 0 atom stereocenters. The predicted molar refractivity (Wildman–Crippen MR) is 101 cm³/mol. The minimum atomic E-state index is -0.217. The minimum absolute atomic E-state index is 0.217. The van der Waals surface area contributed by atoms with Crippen LogP contribution in [0.3, 0.4) is 0 Å². The largest absolute Gasteiger partial charge is 0.486 e. The molecule has 0 radical (unpaired) electrons. The summed E-state index contributed by atoms with van der Waals surface area (Å²) in [5, 5.41) is 6.99. The van der Waals surface area contributed by atoms with Gasteiger partial charge < -0.3 is 14.5 Å². The molecule has 0 saturated heterocycles. The van der Waals surface area contributed by atoms with E-state index in [1.54, 1.807) is 16.8 Å². The molecular weight excluding hydrogens is 398 g/mol. The number of carbonyl (C=O) groups is 1. The fourth-order valence-corrected chi connectivity index (χ4v) is 2.71. The first-order valence-electron chi connectivity index (χ1n) is 8.33. The van der Waals surface area contributed by atoms with Crippen molar-refractivity contribution in [2.45, 2.75) is 19.4 Å². The molecule has 0 aliphatic rings. The molecule has 26 heavy (non-hydrogen) atoms. The van der Waals surface area contributed by atoms with Crippen LogP contribution in [0.5, 0.6) is 5.75 Å². The summed E-state index contributed by atoms with van der Waals surface area (Å²) in [6.07, 6.45) is 5.54. The zero-order valence-corrected chi connectivity index (χ0v) is 16.0. The van der Waals surface area contributed by atoms with Crippen LogP contribution in [0.2, 0.25) is 0 Å². The zero-order chi connectivity index (χ0) is 18.4. The third-order valence-electron chi connectivity index (χ3n) is 3.77. The van der Waals surface area contributed by atoms with E-state index in [4.69, 9.17) is 9.15 Å². The zero-order valence-electron chi connectivity index (χ0n) is 14.4. The van der Waals surface area contributed by atoms with Gasteiger partial charge in [0.2, 0.25) is 0 Å². The Labute approximate surface area is 160 Å². The van der Waals surface area contributed by atoms with Crippen LogP contribution in [0, 0.1) is 0 Å². The van der Waals surface area contributed by atoms with Gasteiger partial charge in [0.05, 0.1) is 6.20 Å². The Hall–Kier alpha value is -2.54. The molecule has 0 spiro atoms. The SMILES string of the molecule is Cn1cc(CCCNC(=O)c2ccc(COc3ccc(Br)cc3)o2)cn1. The minimum Gasteiger partial charge on any atom is -0.486 e. The Balaban J connectivity index is 1.41. The molecule has 136 valence electrons. The van der Waals surface area contributed by atoms with E-state index >= 15 is 0 Å². The molecule has 6 nitrogen and oxygen atoms in total. The third-order valence-corrected chi connectivity index (χ3v) is 4.29. The monoisotopic (exact) mass is 417 g/mol. The molecule has 1 aromatic carbocycles. The van der Waals surface area contributed by atoms with Crippen molar-refractivity contribution in [3.63, 3.8) is 0 Å². The molecule has 2 aromatic heterocycles. The number of rotatable bonds is 8. The lowest BCUT2D eigenvalue weighted by Gasteiger charge is -2.04. The average molecular weight is 418 g/mol. The second kappa shape index (κ2) is 8.71. The fourth-order valence-electron chi connectivity index (χ4n) is 2.45. The number of aryl methyl sites for hydroxylation is 2. The first-order valence-corrected chi connectivity index (χ1v) is 9.12. The van der Waals surface area contributed by atoms with Gasteiger partial charge in [-0.3, -0.25) is 9.48 Å². The lowest BCUT2D eigenvalue weighted by Crippen LogP contribution is -2.24. The number of carbonyl (C=O) groups excluding carboxylic acids is 1. The van der Waals surface area contributed by atoms with Crippen molar-refractivity contribution < 1.29 is 13.9 Å². The maximum absolute atomic E-state index is 12.1. The predicted octanol–water partition coefficient (Wildman–Crippen LogP) is 3.72. The van der Waals surface area contributed by atoms with Crippen LogP contribution in [0.1, 0.15) is 28.3 Å². The summed E-state index contributed by atoms with van der Waals surface area (Å²) in [5.41, 5.74) is 1.16. The number of hydrogen-bond acceptors (Lipinski definition) is 4. The van der Waals surface area contributed by atoms with Crippen molar-refractivity contribution in [3.05, 3.63) is 70.3 Å². The Morgan fingerprint density at radius 2 is 2.08 bits per heavy atom. The Morgan fingerprint density at radius 3 is 2.81 bits per heavy atom. The molecule has 0 unspecified atom stereocenters. The van der Waals surface area contributed by atoms with E-state index < -0.39 is 0 Å². The van der Waals surface area contributed by atoms with Gasteiger partial charge in [0.15, 0.2) is 5.76 Å². The molecular formula is C19H20BrN3O3. The van der Waals surface area contributed by atoms with Gasteiger partial charge in [-0.15, -0.1) is 0 Å². The highest BCUT2D eigenvalue weighted by molar-refractivity contribution is 9.10. The summed E-state index contributed by atoms with van der Waals surface area (Å²) in [5.74, 6) is 1.42. The molecule has 3 aromatic rings. The smallest absolute Gasteiger partial charge is 0.286 e. The number of furan rings is 1. The van der Waals surface area contributed by atoms with Gasteiger partial charge in [0.1, 0.15) is 18.1 Å². The summed E-state index contributed by atoms with van der Waals surface area (Å²) in [7, 11) is 1.89. The maximum Gasteiger partial charge on any atom is 0.286 e. The summed E-state index contributed by atoms with van der Waals surface area (Å²) in [6.45, 7) is 0.856. The van der Waals surface area contributed by atoms with Crippen LogP contribution in [-0.4, -0.2) is 22.2 Å². The highest BCUT2D eigenvalue weighted by Gasteiger charge is 2.11. The molecule has 0 fully saturated rings. The fraction of sp³-hybridized carbons (Fsp3) is 0.263. The molecule has 7 heteroatoms. The summed E-state index contributed by atoms with van der Waals surface area (Å²) >= 11 is 3.38. The maximum atomic E-state index is 12.1. The Kier molecular flexibility index (Phi) is 6.12. The molecule has 0 aliphatic carbocycles. The van der Waals surface area contributed by atoms with Crippen molar-refractivity contribution in [2.75, 3.05) is 6.54 Å². The molecule has 2 heterocycles. The van der Waals surface area contributed by atoms with Crippen LogP contribution in [0.4, 0.5) is 0 Å². The molecule has 0 bridgehead atoms. The van der Waals surface area contributed by atoms with E-state index in [0.717, 1.165) is 28.6 Å². The van der Waals surface area contributed by atoms with Crippen LogP contribution < -0.4 is 10.1 Å². The van der Waals surface area contributed by atoms with Gasteiger partial charge in [-0.25, -0.2) is 0 Å². The third kappa shape index (κ3) is 5.23. The lowest BCUT2D eigenvalue weighted by atomic mass is 10.2. The Morgan fingerprint density at radius 1 is 1.27 bits per heavy atom. The van der Waals surface area contributed by atoms with Gasteiger partial charge in [-0.05, 0) is 54.8 Å².